The van der Waals surface area contributed by atoms with Crippen molar-refractivity contribution in [3.8, 4) is 0 Å². The molecule has 0 aliphatic carbocycles. The third-order valence-electron chi connectivity index (χ3n) is 4.17. The van der Waals surface area contributed by atoms with Gasteiger partial charge < -0.3 is 4.90 Å². The van der Waals surface area contributed by atoms with Crippen LogP contribution in [0.15, 0.2) is 48.3 Å². The number of carbonyl (C=O) groups is 1. The number of anilines is 1. The molecule has 2 heterocycles. The summed E-state index contributed by atoms with van der Waals surface area (Å²) in [5.41, 5.74) is 3.69. The summed E-state index contributed by atoms with van der Waals surface area (Å²) in [6.07, 6.45) is 3.49. The van der Waals surface area contributed by atoms with Crippen LogP contribution in [0.2, 0.25) is 0 Å². The second-order valence-electron chi connectivity index (χ2n) is 5.97. The van der Waals surface area contributed by atoms with Gasteiger partial charge in [-0.05, 0) is 17.7 Å². The van der Waals surface area contributed by atoms with E-state index in [2.05, 4.69) is 36.0 Å². The predicted octanol–water partition coefficient (Wildman–Crippen LogP) is 2.91. The molecule has 0 atom stereocenters. The highest BCUT2D eigenvalue weighted by Crippen LogP contribution is 2.46. The van der Waals surface area contributed by atoms with Gasteiger partial charge in [0.25, 0.3) is 0 Å². The summed E-state index contributed by atoms with van der Waals surface area (Å²) in [6, 6.07) is 10.0. The van der Waals surface area contributed by atoms with Crippen molar-refractivity contribution in [3.63, 3.8) is 0 Å². The second-order valence-corrected chi connectivity index (χ2v) is 5.97. The molecule has 0 fully saturated rings. The van der Waals surface area contributed by atoms with E-state index < -0.39 is 0 Å². The van der Waals surface area contributed by atoms with Crippen molar-refractivity contribution < 1.29 is 4.79 Å². The van der Waals surface area contributed by atoms with Crippen LogP contribution in [0.1, 0.15) is 29.9 Å². The van der Waals surface area contributed by atoms with Crippen molar-refractivity contribution in [3.05, 3.63) is 59.6 Å². The Labute approximate surface area is 124 Å². The van der Waals surface area contributed by atoms with E-state index in [-0.39, 0.29) is 11.2 Å². The number of rotatable bonds is 2. The van der Waals surface area contributed by atoms with Crippen LogP contribution in [0.4, 0.5) is 5.69 Å². The molecule has 0 spiro atoms. The molecule has 21 heavy (non-hydrogen) atoms. The van der Waals surface area contributed by atoms with Crippen molar-refractivity contribution in [2.24, 2.45) is 7.05 Å². The van der Waals surface area contributed by atoms with E-state index in [1.54, 1.807) is 23.0 Å². The lowest BCUT2D eigenvalue weighted by atomic mass is 9.83. The number of fused-ring (bicyclic) bond motifs is 1. The number of benzene rings is 1. The van der Waals surface area contributed by atoms with Crippen LogP contribution in [0.3, 0.4) is 0 Å². The first kappa shape index (κ1) is 13.6. The number of aromatic nitrogens is 2. The van der Waals surface area contributed by atoms with Gasteiger partial charge >= 0.3 is 0 Å². The van der Waals surface area contributed by atoms with Crippen molar-refractivity contribution in [2.75, 3.05) is 11.9 Å². The molecule has 0 N–H and O–H groups in total. The number of likely N-dealkylation sites (N-methyl/N-ethyl adjacent to an activating group) is 1. The third-order valence-corrected chi connectivity index (χ3v) is 4.17. The first-order valence-electron chi connectivity index (χ1n) is 7.00. The van der Waals surface area contributed by atoms with E-state index in [9.17, 15) is 4.79 Å². The lowest BCUT2D eigenvalue weighted by molar-refractivity contribution is 0.104. The van der Waals surface area contributed by atoms with Crippen molar-refractivity contribution in [1.82, 2.24) is 9.78 Å². The summed E-state index contributed by atoms with van der Waals surface area (Å²) < 4.78 is 1.64. The Morgan fingerprint density at radius 2 is 1.90 bits per heavy atom. The van der Waals surface area contributed by atoms with Gasteiger partial charge in [0.15, 0.2) is 0 Å². The molecule has 0 amide bonds. The Kier molecular flexibility index (Phi) is 2.97. The van der Waals surface area contributed by atoms with Gasteiger partial charge in [0.2, 0.25) is 5.78 Å². The number of hydrogen-bond donors (Lipinski definition) is 0. The average Bonchev–Trinajstić information content (AvgIpc) is 2.96. The molecule has 0 radical (unpaired) electrons. The highest BCUT2D eigenvalue weighted by Gasteiger charge is 2.38. The number of hydrogen-bond acceptors (Lipinski definition) is 3. The van der Waals surface area contributed by atoms with Crippen molar-refractivity contribution in [2.45, 2.75) is 19.3 Å². The zero-order valence-electron chi connectivity index (χ0n) is 12.8. The van der Waals surface area contributed by atoms with Crippen LogP contribution < -0.4 is 4.90 Å². The molecule has 108 valence electrons. The Morgan fingerprint density at radius 1 is 1.19 bits per heavy atom. The van der Waals surface area contributed by atoms with Gasteiger partial charge in [-0.3, -0.25) is 9.48 Å². The monoisotopic (exact) mass is 281 g/mol. The highest BCUT2D eigenvalue weighted by molar-refractivity contribution is 6.04. The molecule has 1 aromatic heterocycles. The molecule has 0 saturated carbocycles. The number of carbonyl (C=O) groups excluding carboxylic acids is 1. The van der Waals surface area contributed by atoms with Gasteiger partial charge in [-0.25, -0.2) is 0 Å². The van der Waals surface area contributed by atoms with Crippen LogP contribution in [-0.4, -0.2) is 22.6 Å². The Hall–Kier alpha value is -2.36. The highest BCUT2D eigenvalue weighted by atomic mass is 16.1. The largest absolute Gasteiger partial charge is 0.347 e. The molecule has 0 saturated heterocycles. The molecule has 2 aromatic rings. The van der Waals surface area contributed by atoms with Gasteiger partial charge in [0.1, 0.15) is 5.69 Å². The number of para-hydroxylation sites is 1. The van der Waals surface area contributed by atoms with E-state index in [1.165, 1.54) is 5.56 Å². The van der Waals surface area contributed by atoms with E-state index in [1.807, 2.05) is 26.2 Å². The summed E-state index contributed by atoms with van der Waals surface area (Å²) in [5.74, 6) is -0.0571. The fourth-order valence-electron chi connectivity index (χ4n) is 3.00. The fraction of sp³-hybridized carbons (Fsp3) is 0.294. The molecule has 1 aromatic carbocycles. The molecule has 4 heteroatoms. The first-order chi connectivity index (χ1) is 9.91. The Bertz CT molecular complexity index is 740. The number of aryl methyl sites for hydroxylation is 1. The maximum Gasteiger partial charge on any atom is 0.207 e. The minimum Gasteiger partial charge on any atom is -0.347 e. The van der Waals surface area contributed by atoms with Gasteiger partial charge in [-0.15, -0.1) is 0 Å². The molecule has 1 aliphatic heterocycles. The molecule has 1 aliphatic rings. The van der Waals surface area contributed by atoms with Gasteiger partial charge in [0.05, 0.1) is 0 Å². The SMILES string of the molecule is CN1/C(=C/C(=O)c2ccn(C)n2)C(C)(C)c2ccccc21. The summed E-state index contributed by atoms with van der Waals surface area (Å²) in [5, 5.41) is 4.18. The second kappa shape index (κ2) is 4.58. The number of ketones is 1. The van der Waals surface area contributed by atoms with Crippen LogP contribution in [0.25, 0.3) is 0 Å². The zero-order chi connectivity index (χ0) is 15.2. The van der Waals surface area contributed by atoms with Gasteiger partial charge in [0, 0.05) is 43.2 Å². The predicted molar refractivity (Wildman–Crippen MR) is 83.5 cm³/mol. The molecule has 4 nitrogen and oxygen atoms in total. The third kappa shape index (κ3) is 2.07. The van der Waals surface area contributed by atoms with E-state index in [0.717, 1.165) is 11.4 Å². The first-order valence-corrected chi connectivity index (χ1v) is 7.00. The quantitative estimate of drug-likeness (QED) is 0.627. The Balaban J connectivity index is 2.04. The average molecular weight is 281 g/mol. The van der Waals surface area contributed by atoms with Gasteiger partial charge in [-0.2, -0.15) is 5.10 Å². The lowest BCUT2D eigenvalue weighted by Gasteiger charge is -2.23. The molecule has 3 rings (SSSR count). The maximum absolute atomic E-state index is 12.4. The molecular formula is C17H19N3O. The normalized spacial score (nSPS) is 18.1. The lowest BCUT2D eigenvalue weighted by Crippen LogP contribution is -2.24. The summed E-state index contributed by atoms with van der Waals surface area (Å²) in [6.45, 7) is 4.29. The standard InChI is InChI=1S/C17H19N3O/c1-17(2)12-7-5-6-8-14(12)20(4)16(17)11-15(21)13-9-10-19(3)18-13/h5-11H,1-4H3/b16-11+. The molecular weight excluding hydrogens is 262 g/mol. The van der Waals surface area contributed by atoms with E-state index >= 15 is 0 Å². The molecule has 0 bridgehead atoms. The van der Waals surface area contributed by atoms with Crippen LogP contribution in [0.5, 0.6) is 0 Å². The van der Waals surface area contributed by atoms with Crippen LogP contribution in [0, 0.1) is 0 Å². The van der Waals surface area contributed by atoms with Crippen molar-refractivity contribution in [1.29, 1.82) is 0 Å². The Morgan fingerprint density at radius 3 is 2.52 bits per heavy atom. The number of nitrogens with zero attached hydrogens (tertiary/aromatic N) is 3. The number of allylic oxidation sites excluding steroid dienone is 2. The van der Waals surface area contributed by atoms with E-state index in [4.69, 9.17) is 0 Å². The van der Waals surface area contributed by atoms with Crippen LogP contribution >= 0.6 is 0 Å². The summed E-state index contributed by atoms with van der Waals surface area (Å²) in [4.78, 5) is 14.5. The zero-order valence-corrected chi connectivity index (χ0v) is 12.8. The van der Waals surface area contributed by atoms with E-state index in [0.29, 0.717) is 5.69 Å². The van der Waals surface area contributed by atoms with Crippen LogP contribution in [-0.2, 0) is 12.5 Å². The topological polar surface area (TPSA) is 38.1 Å². The fourth-order valence-corrected chi connectivity index (χ4v) is 3.00. The summed E-state index contributed by atoms with van der Waals surface area (Å²) in [7, 11) is 3.82. The minimum atomic E-state index is -0.185. The smallest absolute Gasteiger partial charge is 0.207 e. The molecule has 0 unspecified atom stereocenters. The van der Waals surface area contributed by atoms with Crippen molar-refractivity contribution >= 4 is 11.5 Å². The maximum atomic E-state index is 12.4. The minimum absolute atomic E-state index is 0.0571. The van der Waals surface area contributed by atoms with Gasteiger partial charge in [-0.1, -0.05) is 32.0 Å². The summed E-state index contributed by atoms with van der Waals surface area (Å²) >= 11 is 0.